The van der Waals surface area contributed by atoms with Gasteiger partial charge in [0.1, 0.15) is 11.6 Å². The van der Waals surface area contributed by atoms with E-state index in [4.69, 9.17) is 4.74 Å². The third-order valence-electron chi connectivity index (χ3n) is 2.87. The van der Waals surface area contributed by atoms with Crippen LogP contribution in [0.25, 0.3) is 5.69 Å². The quantitative estimate of drug-likeness (QED) is 0.714. The Balaban J connectivity index is 1.82. The number of aromatic nitrogens is 2. The van der Waals surface area contributed by atoms with Gasteiger partial charge in [0.2, 0.25) is 0 Å². The summed E-state index contributed by atoms with van der Waals surface area (Å²) in [7, 11) is 0. The number of hydrogen-bond donors (Lipinski definition) is 0. The maximum absolute atomic E-state index is 12.8. The lowest BCUT2D eigenvalue weighted by molar-refractivity contribution is 0.480. The van der Waals surface area contributed by atoms with Crippen LogP contribution in [0.15, 0.2) is 60.9 Å². The van der Waals surface area contributed by atoms with Crippen LogP contribution in [0, 0.1) is 12.7 Å². The van der Waals surface area contributed by atoms with Crippen LogP contribution in [-0.4, -0.2) is 9.78 Å². The van der Waals surface area contributed by atoms with E-state index in [9.17, 15) is 4.39 Å². The zero-order chi connectivity index (χ0) is 13.9. The molecule has 100 valence electrons. The fourth-order valence-electron chi connectivity index (χ4n) is 1.91. The van der Waals surface area contributed by atoms with E-state index in [-0.39, 0.29) is 5.82 Å². The molecule has 3 aromatic rings. The first-order valence-electron chi connectivity index (χ1n) is 6.26. The molecule has 0 atom stereocenters. The Hall–Kier alpha value is -2.62. The SMILES string of the molecule is Cc1cccc(-n2cc(Oc3ccc(F)cc3)cn2)c1. The van der Waals surface area contributed by atoms with E-state index in [0.29, 0.717) is 11.5 Å². The van der Waals surface area contributed by atoms with Crippen LogP contribution < -0.4 is 4.74 Å². The van der Waals surface area contributed by atoms with Crippen molar-refractivity contribution in [3.63, 3.8) is 0 Å². The van der Waals surface area contributed by atoms with Gasteiger partial charge in [-0.3, -0.25) is 0 Å². The summed E-state index contributed by atoms with van der Waals surface area (Å²) in [5.74, 6) is 0.904. The Labute approximate surface area is 116 Å². The summed E-state index contributed by atoms with van der Waals surface area (Å²) < 4.78 is 20.2. The van der Waals surface area contributed by atoms with Gasteiger partial charge in [-0.1, -0.05) is 12.1 Å². The van der Waals surface area contributed by atoms with Gasteiger partial charge in [0.25, 0.3) is 0 Å². The van der Waals surface area contributed by atoms with Crippen LogP contribution in [0.3, 0.4) is 0 Å². The maximum atomic E-state index is 12.8. The third-order valence-corrected chi connectivity index (χ3v) is 2.87. The molecular weight excluding hydrogens is 255 g/mol. The van der Waals surface area contributed by atoms with E-state index in [0.717, 1.165) is 5.69 Å². The molecule has 0 aliphatic carbocycles. The zero-order valence-corrected chi connectivity index (χ0v) is 11.0. The minimum absolute atomic E-state index is 0.284. The molecule has 3 rings (SSSR count). The molecule has 0 unspecified atom stereocenters. The molecule has 0 aliphatic heterocycles. The molecule has 20 heavy (non-hydrogen) atoms. The summed E-state index contributed by atoms with van der Waals surface area (Å²) >= 11 is 0. The van der Waals surface area contributed by atoms with Crippen molar-refractivity contribution in [2.75, 3.05) is 0 Å². The Morgan fingerprint density at radius 3 is 2.60 bits per heavy atom. The largest absolute Gasteiger partial charge is 0.454 e. The molecule has 0 saturated heterocycles. The van der Waals surface area contributed by atoms with Crippen LogP contribution in [0.5, 0.6) is 11.5 Å². The molecular formula is C16H13FN2O. The highest BCUT2D eigenvalue weighted by atomic mass is 19.1. The molecule has 0 N–H and O–H groups in total. The second kappa shape index (κ2) is 5.17. The standard InChI is InChI=1S/C16H13FN2O/c1-12-3-2-4-14(9-12)19-11-16(10-18-19)20-15-7-5-13(17)6-8-15/h2-11H,1H3. The molecule has 0 fully saturated rings. The fourth-order valence-corrected chi connectivity index (χ4v) is 1.91. The Morgan fingerprint density at radius 2 is 1.85 bits per heavy atom. The van der Waals surface area contributed by atoms with Gasteiger partial charge in [-0.05, 0) is 48.9 Å². The first-order valence-corrected chi connectivity index (χ1v) is 6.26. The van der Waals surface area contributed by atoms with Crippen molar-refractivity contribution in [1.29, 1.82) is 0 Å². The second-order valence-electron chi connectivity index (χ2n) is 4.52. The molecule has 1 aromatic heterocycles. The van der Waals surface area contributed by atoms with Crippen molar-refractivity contribution >= 4 is 0 Å². The Bertz CT molecular complexity index is 719. The number of ether oxygens (including phenoxy) is 1. The average molecular weight is 268 g/mol. The monoisotopic (exact) mass is 268 g/mol. The molecule has 0 radical (unpaired) electrons. The molecule has 0 aliphatic rings. The summed E-state index contributed by atoms with van der Waals surface area (Å²) in [6.45, 7) is 2.03. The highest BCUT2D eigenvalue weighted by Crippen LogP contribution is 2.22. The lowest BCUT2D eigenvalue weighted by Gasteiger charge is -2.03. The van der Waals surface area contributed by atoms with Crippen LogP contribution >= 0.6 is 0 Å². The summed E-state index contributed by atoms with van der Waals surface area (Å²) in [6, 6.07) is 13.9. The topological polar surface area (TPSA) is 27.1 Å². The molecule has 0 spiro atoms. The normalized spacial score (nSPS) is 10.5. The number of rotatable bonds is 3. The predicted molar refractivity (Wildman–Crippen MR) is 74.8 cm³/mol. The van der Waals surface area contributed by atoms with Crippen LogP contribution in [-0.2, 0) is 0 Å². The minimum atomic E-state index is -0.284. The highest BCUT2D eigenvalue weighted by molar-refractivity contribution is 5.36. The van der Waals surface area contributed by atoms with Crippen LogP contribution in [0.2, 0.25) is 0 Å². The van der Waals surface area contributed by atoms with Crippen LogP contribution in [0.1, 0.15) is 5.56 Å². The molecule has 3 nitrogen and oxygen atoms in total. The van der Waals surface area contributed by atoms with E-state index < -0.39 is 0 Å². The van der Waals surface area contributed by atoms with Gasteiger partial charge in [0.15, 0.2) is 5.75 Å². The predicted octanol–water partition coefficient (Wildman–Crippen LogP) is 4.11. The van der Waals surface area contributed by atoms with Crippen molar-refractivity contribution in [3.05, 3.63) is 72.3 Å². The molecule has 0 saturated carbocycles. The van der Waals surface area contributed by atoms with Crippen LogP contribution in [0.4, 0.5) is 4.39 Å². The van der Waals surface area contributed by atoms with Crippen molar-refractivity contribution < 1.29 is 9.13 Å². The van der Waals surface area contributed by atoms with E-state index in [1.54, 1.807) is 29.2 Å². The van der Waals surface area contributed by atoms with Gasteiger partial charge >= 0.3 is 0 Å². The lowest BCUT2D eigenvalue weighted by atomic mass is 10.2. The van der Waals surface area contributed by atoms with E-state index in [2.05, 4.69) is 5.10 Å². The second-order valence-corrected chi connectivity index (χ2v) is 4.52. The first kappa shape index (κ1) is 12.4. The van der Waals surface area contributed by atoms with Crippen molar-refractivity contribution in [3.8, 4) is 17.2 Å². The summed E-state index contributed by atoms with van der Waals surface area (Å²) in [5.41, 5.74) is 2.14. The number of benzene rings is 2. The van der Waals surface area contributed by atoms with E-state index in [1.807, 2.05) is 31.2 Å². The van der Waals surface area contributed by atoms with Gasteiger partial charge in [-0.25, -0.2) is 9.07 Å². The third kappa shape index (κ3) is 2.69. The van der Waals surface area contributed by atoms with Gasteiger partial charge in [-0.15, -0.1) is 0 Å². The lowest BCUT2D eigenvalue weighted by Crippen LogP contribution is -1.93. The van der Waals surface area contributed by atoms with Crippen molar-refractivity contribution in [2.45, 2.75) is 6.92 Å². The van der Waals surface area contributed by atoms with Crippen molar-refractivity contribution in [1.82, 2.24) is 9.78 Å². The highest BCUT2D eigenvalue weighted by Gasteiger charge is 2.03. The number of hydrogen-bond acceptors (Lipinski definition) is 2. The van der Waals surface area contributed by atoms with E-state index >= 15 is 0 Å². The van der Waals surface area contributed by atoms with E-state index in [1.165, 1.54) is 17.7 Å². The number of nitrogens with zero attached hydrogens (tertiary/aromatic N) is 2. The zero-order valence-electron chi connectivity index (χ0n) is 11.0. The maximum Gasteiger partial charge on any atom is 0.165 e. The Morgan fingerprint density at radius 1 is 1.05 bits per heavy atom. The summed E-state index contributed by atoms with van der Waals surface area (Å²) in [6.07, 6.45) is 3.42. The molecule has 1 heterocycles. The van der Waals surface area contributed by atoms with Gasteiger partial charge in [0, 0.05) is 0 Å². The van der Waals surface area contributed by atoms with Gasteiger partial charge < -0.3 is 4.74 Å². The molecule has 0 bridgehead atoms. The van der Waals surface area contributed by atoms with Gasteiger partial charge in [0.05, 0.1) is 18.1 Å². The Kier molecular flexibility index (Phi) is 3.21. The number of halogens is 1. The minimum Gasteiger partial charge on any atom is -0.454 e. The molecule has 2 aromatic carbocycles. The molecule has 0 amide bonds. The first-order chi connectivity index (χ1) is 9.70. The number of aryl methyl sites for hydroxylation is 1. The van der Waals surface area contributed by atoms with Crippen molar-refractivity contribution in [2.24, 2.45) is 0 Å². The fraction of sp³-hybridized carbons (Fsp3) is 0.0625. The smallest absolute Gasteiger partial charge is 0.165 e. The molecule has 4 heteroatoms. The summed E-state index contributed by atoms with van der Waals surface area (Å²) in [4.78, 5) is 0. The average Bonchev–Trinajstić information content (AvgIpc) is 2.90. The van der Waals surface area contributed by atoms with Gasteiger partial charge in [-0.2, -0.15) is 5.10 Å². The summed E-state index contributed by atoms with van der Waals surface area (Å²) in [5, 5.41) is 4.26.